The molecule has 4 amide bonds. The monoisotopic (exact) mass is 722 g/mol. The van der Waals surface area contributed by atoms with E-state index in [1.54, 1.807) is 24.3 Å². The van der Waals surface area contributed by atoms with Crippen molar-refractivity contribution in [3.05, 3.63) is 58.7 Å². The Morgan fingerprint density at radius 3 is 1.27 bits per heavy atom. The molecule has 0 unspecified atom stereocenters. The van der Waals surface area contributed by atoms with Gasteiger partial charge in [0.25, 0.3) is 23.6 Å². The van der Waals surface area contributed by atoms with Crippen LogP contribution in [0.1, 0.15) is 182 Å². The van der Waals surface area contributed by atoms with Crippen molar-refractivity contribution >= 4 is 23.6 Å². The SMILES string of the molecule is CCCCCCCCc1cccc(O)c1C(=O)NNC(=O)C(CCCC)(CCCCC)C(=O)NNC(=O)c1c(O)cccc1CCCCCCCC. The first kappa shape index (κ1) is 44.1. The second-order valence-corrected chi connectivity index (χ2v) is 14.1. The van der Waals surface area contributed by atoms with E-state index in [4.69, 9.17) is 0 Å². The molecular weight excluding hydrogens is 656 g/mol. The number of phenolic OH excluding ortho intramolecular Hbond substituents is 2. The molecule has 2 aromatic carbocycles. The molecule has 0 spiro atoms. The van der Waals surface area contributed by atoms with Crippen LogP contribution in [0.2, 0.25) is 0 Å². The average Bonchev–Trinajstić information content (AvgIpc) is 3.13. The Balaban J connectivity index is 2.22. The highest BCUT2D eigenvalue weighted by Gasteiger charge is 2.45. The van der Waals surface area contributed by atoms with Crippen molar-refractivity contribution in [1.29, 1.82) is 0 Å². The Morgan fingerprint density at radius 2 is 0.846 bits per heavy atom. The quantitative estimate of drug-likeness (QED) is 0.0342. The summed E-state index contributed by atoms with van der Waals surface area (Å²) in [6.45, 7) is 8.33. The van der Waals surface area contributed by atoms with Gasteiger partial charge in [-0.3, -0.25) is 40.9 Å². The van der Waals surface area contributed by atoms with Gasteiger partial charge < -0.3 is 10.2 Å². The first-order chi connectivity index (χ1) is 25.2. The minimum atomic E-state index is -1.61. The lowest BCUT2D eigenvalue weighted by atomic mass is 9.76. The number of hydrogen-bond acceptors (Lipinski definition) is 6. The Labute approximate surface area is 312 Å². The van der Waals surface area contributed by atoms with Crippen LogP contribution in [0.25, 0.3) is 0 Å². The Kier molecular flexibility index (Phi) is 21.2. The van der Waals surface area contributed by atoms with Gasteiger partial charge in [0, 0.05) is 0 Å². The molecule has 0 aromatic heterocycles. The molecule has 0 aliphatic carbocycles. The smallest absolute Gasteiger partial charge is 0.273 e. The summed E-state index contributed by atoms with van der Waals surface area (Å²) < 4.78 is 0. The Morgan fingerprint density at radius 1 is 0.481 bits per heavy atom. The Hall–Kier alpha value is -4.08. The number of carbonyl (C=O) groups is 4. The predicted molar refractivity (Wildman–Crippen MR) is 208 cm³/mol. The van der Waals surface area contributed by atoms with Gasteiger partial charge in [-0.1, -0.05) is 148 Å². The van der Waals surface area contributed by atoms with Gasteiger partial charge >= 0.3 is 0 Å². The summed E-state index contributed by atoms with van der Waals surface area (Å²) in [5, 5.41) is 21.3. The summed E-state index contributed by atoms with van der Waals surface area (Å²) >= 11 is 0. The number of rotatable bonds is 25. The number of hydrazine groups is 2. The predicted octanol–water partition coefficient (Wildman–Crippen LogP) is 8.88. The van der Waals surface area contributed by atoms with Crippen LogP contribution >= 0.6 is 0 Å². The van der Waals surface area contributed by atoms with E-state index in [0.717, 1.165) is 64.2 Å². The molecule has 290 valence electrons. The van der Waals surface area contributed by atoms with Crippen LogP contribution in [0.4, 0.5) is 0 Å². The molecule has 2 rings (SSSR count). The van der Waals surface area contributed by atoms with Crippen LogP contribution in [0, 0.1) is 5.41 Å². The maximum atomic E-state index is 14.0. The normalized spacial score (nSPS) is 11.2. The molecule has 52 heavy (non-hydrogen) atoms. The van der Waals surface area contributed by atoms with Crippen LogP contribution in [-0.2, 0) is 22.4 Å². The molecule has 0 fully saturated rings. The van der Waals surface area contributed by atoms with Crippen molar-refractivity contribution < 1.29 is 29.4 Å². The summed E-state index contributed by atoms with van der Waals surface area (Å²) in [5.41, 5.74) is 9.88. The topological polar surface area (TPSA) is 157 Å². The van der Waals surface area contributed by atoms with Gasteiger partial charge in [-0.15, -0.1) is 0 Å². The number of aryl methyl sites for hydroxylation is 2. The zero-order valence-electron chi connectivity index (χ0n) is 32.3. The van der Waals surface area contributed by atoms with E-state index in [-0.39, 0.29) is 35.5 Å². The molecule has 0 aliphatic heterocycles. The fourth-order valence-corrected chi connectivity index (χ4v) is 6.73. The largest absolute Gasteiger partial charge is 0.507 e. The van der Waals surface area contributed by atoms with Crippen molar-refractivity contribution in [3.63, 3.8) is 0 Å². The first-order valence-corrected chi connectivity index (χ1v) is 20.0. The summed E-state index contributed by atoms with van der Waals surface area (Å²) in [5.74, 6) is -3.10. The van der Waals surface area contributed by atoms with E-state index in [9.17, 15) is 29.4 Å². The third-order valence-electron chi connectivity index (χ3n) is 9.92. The van der Waals surface area contributed by atoms with Gasteiger partial charge in [0.15, 0.2) is 0 Å². The lowest BCUT2D eigenvalue weighted by Gasteiger charge is -2.31. The number of amides is 4. The molecule has 0 heterocycles. The van der Waals surface area contributed by atoms with Gasteiger partial charge in [0.05, 0.1) is 11.1 Å². The fraction of sp³-hybridized carbons (Fsp3) is 0.619. The zero-order valence-corrected chi connectivity index (χ0v) is 32.3. The van der Waals surface area contributed by atoms with Gasteiger partial charge in [0.2, 0.25) is 0 Å². The van der Waals surface area contributed by atoms with Crippen LogP contribution in [0.3, 0.4) is 0 Å². The van der Waals surface area contributed by atoms with Crippen LogP contribution in [0.15, 0.2) is 36.4 Å². The minimum Gasteiger partial charge on any atom is -0.507 e. The standard InChI is InChI=1S/C42H66N4O6/c1-5-9-13-15-17-19-24-32-26-22-28-34(47)36(32)38(49)43-45-40(51)42(30-12-8-4,31-21-11-7-3)41(52)46-44-39(50)37-33(27-23-29-35(37)48)25-20-18-16-14-10-6-2/h22-23,26-29,47-48H,5-21,24-25,30-31H2,1-4H3,(H,43,49)(H,44,50)(H,45,51)(H,46,52). The second kappa shape index (κ2) is 25.0. The Bertz CT molecular complexity index is 1300. The number of aromatic hydroxyl groups is 2. The van der Waals surface area contributed by atoms with Crippen molar-refractivity contribution in [2.45, 2.75) is 163 Å². The number of unbranched alkanes of at least 4 members (excludes halogenated alkanes) is 13. The highest BCUT2D eigenvalue weighted by molar-refractivity contribution is 6.07. The van der Waals surface area contributed by atoms with E-state index in [1.165, 1.54) is 37.8 Å². The third kappa shape index (κ3) is 14.2. The zero-order chi connectivity index (χ0) is 38.2. The summed E-state index contributed by atoms with van der Waals surface area (Å²) in [6.07, 6.45) is 18.1. The lowest BCUT2D eigenvalue weighted by molar-refractivity contribution is -0.146. The molecular formula is C42H66N4O6. The molecule has 0 radical (unpaired) electrons. The third-order valence-corrected chi connectivity index (χ3v) is 9.92. The molecule has 0 bridgehead atoms. The molecule has 0 saturated carbocycles. The van der Waals surface area contributed by atoms with Gasteiger partial charge in [0.1, 0.15) is 16.9 Å². The molecule has 0 aliphatic rings. The molecule has 6 N–H and O–H groups in total. The molecule has 10 nitrogen and oxygen atoms in total. The van der Waals surface area contributed by atoms with Crippen molar-refractivity contribution in [2.75, 3.05) is 0 Å². The maximum absolute atomic E-state index is 14.0. The van der Waals surface area contributed by atoms with Gasteiger partial charge in [-0.2, -0.15) is 0 Å². The first-order valence-electron chi connectivity index (χ1n) is 20.0. The summed E-state index contributed by atoms with van der Waals surface area (Å²) in [4.78, 5) is 55.0. The summed E-state index contributed by atoms with van der Waals surface area (Å²) in [7, 11) is 0. The lowest BCUT2D eigenvalue weighted by Crippen LogP contribution is -2.58. The van der Waals surface area contributed by atoms with Crippen molar-refractivity contribution in [1.82, 2.24) is 21.7 Å². The maximum Gasteiger partial charge on any atom is 0.273 e. The minimum absolute atomic E-state index is 0.0950. The second-order valence-electron chi connectivity index (χ2n) is 14.1. The molecule has 2 aromatic rings. The van der Waals surface area contributed by atoms with E-state index >= 15 is 0 Å². The fourth-order valence-electron chi connectivity index (χ4n) is 6.73. The number of hydrogen-bond donors (Lipinski definition) is 6. The van der Waals surface area contributed by atoms with Crippen LogP contribution in [0.5, 0.6) is 11.5 Å². The van der Waals surface area contributed by atoms with Gasteiger partial charge in [-0.05, 0) is 61.8 Å². The molecule has 10 heteroatoms. The number of nitrogens with one attached hydrogen (secondary N) is 4. The van der Waals surface area contributed by atoms with Crippen LogP contribution < -0.4 is 21.7 Å². The van der Waals surface area contributed by atoms with E-state index < -0.39 is 29.0 Å². The van der Waals surface area contributed by atoms with Crippen molar-refractivity contribution in [2.24, 2.45) is 5.41 Å². The number of phenols is 2. The summed E-state index contributed by atoms with van der Waals surface area (Å²) in [6, 6.07) is 9.89. The highest BCUT2D eigenvalue weighted by atomic mass is 16.3. The molecule has 0 saturated heterocycles. The average molecular weight is 723 g/mol. The van der Waals surface area contributed by atoms with E-state index in [1.807, 2.05) is 13.8 Å². The highest BCUT2D eigenvalue weighted by Crippen LogP contribution is 2.33. The van der Waals surface area contributed by atoms with E-state index in [2.05, 4.69) is 35.6 Å². The molecule has 0 atom stereocenters. The van der Waals surface area contributed by atoms with Crippen molar-refractivity contribution in [3.8, 4) is 11.5 Å². The number of carbonyl (C=O) groups excluding carboxylic acids is 4. The van der Waals surface area contributed by atoms with Gasteiger partial charge in [-0.25, -0.2) is 0 Å². The number of benzene rings is 2. The van der Waals surface area contributed by atoms with E-state index in [0.29, 0.717) is 43.2 Å². The van der Waals surface area contributed by atoms with Crippen LogP contribution in [-0.4, -0.2) is 33.8 Å².